The molecule has 1 aromatic heterocycles. The number of aliphatic hydroxyl groups is 1. The number of nitrogens with two attached hydrogens (primary N) is 1. The zero-order valence-corrected chi connectivity index (χ0v) is 10.4. The second-order valence-corrected chi connectivity index (χ2v) is 4.72. The first-order valence-corrected chi connectivity index (χ1v) is 5.32. The van der Waals surface area contributed by atoms with Gasteiger partial charge in [-0.1, -0.05) is 0 Å². The molecule has 0 saturated heterocycles. The van der Waals surface area contributed by atoms with Gasteiger partial charge in [-0.25, -0.2) is 5.84 Å². The van der Waals surface area contributed by atoms with Crippen LogP contribution in [0.5, 0.6) is 0 Å². The smallest absolute Gasteiger partial charge is 0.300 e. The number of amides is 1. The van der Waals surface area contributed by atoms with E-state index in [1.54, 1.807) is 26.0 Å². The number of furan rings is 1. The molecule has 0 aliphatic carbocycles. The number of nitrogens with zero attached hydrogens (tertiary/aromatic N) is 1. The lowest BCUT2D eigenvalue weighted by molar-refractivity contribution is 0.0405. The quantitative estimate of drug-likeness (QED) is 0.386. The Labute approximate surface area is 100 Å². The number of likely N-dealkylation sites (N-methyl/N-ethyl adjacent to an activating group) is 1. The molecule has 0 atom stereocenters. The standard InChI is InChI=1S/C11H19N3O3/c1-11(2,16)7-14(3)6-8-4-5-9(17-8)10(15)13-12/h4-5,16H,6-7,12H2,1-3H3,(H,13,15). The van der Waals surface area contributed by atoms with Crippen LogP contribution >= 0.6 is 0 Å². The van der Waals surface area contributed by atoms with Crippen LogP contribution in [0.3, 0.4) is 0 Å². The number of hydrogen-bond donors (Lipinski definition) is 3. The largest absolute Gasteiger partial charge is 0.455 e. The third-order valence-electron chi connectivity index (χ3n) is 2.10. The van der Waals surface area contributed by atoms with Gasteiger partial charge >= 0.3 is 5.91 Å². The maximum absolute atomic E-state index is 11.2. The summed E-state index contributed by atoms with van der Waals surface area (Å²) < 4.78 is 5.31. The Bertz CT molecular complexity index is 382. The summed E-state index contributed by atoms with van der Waals surface area (Å²) in [4.78, 5) is 13.1. The van der Waals surface area contributed by atoms with E-state index in [9.17, 15) is 9.90 Å². The van der Waals surface area contributed by atoms with E-state index in [0.717, 1.165) is 0 Å². The first kappa shape index (κ1) is 13.7. The van der Waals surface area contributed by atoms with Crippen LogP contribution in [0.15, 0.2) is 16.5 Å². The predicted molar refractivity (Wildman–Crippen MR) is 63.0 cm³/mol. The molecule has 1 aromatic rings. The summed E-state index contributed by atoms with van der Waals surface area (Å²) >= 11 is 0. The Morgan fingerprint density at radius 3 is 2.76 bits per heavy atom. The molecule has 1 heterocycles. The fourth-order valence-electron chi connectivity index (χ4n) is 1.64. The topological polar surface area (TPSA) is 91.7 Å². The highest BCUT2D eigenvalue weighted by Gasteiger charge is 2.17. The second kappa shape index (κ2) is 5.31. The van der Waals surface area contributed by atoms with E-state index >= 15 is 0 Å². The Kier molecular flexibility index (Phi) is 4.28. The fraction of sp³-hybridized carbons (Fsp3) is 0.545. The molecule has 6 nitrogen and oxygen atoms in total. The van der Waals surface area contributed by atoms with Crippen LogP contribution in [-0.2, 0) is 6.54 Å². The maximum atomic E-state index is 11.2. The molecule has 0 fully saturated rings. The van der Waals surface area contributed by atoms with Crippen molar-refractivity contribution in [2.45, 2.75) is 26.0 Å². The molecule has 6 heteroatoms. The zero-order chi connectivity index (χ0) is 13.1. The first-order valence-electron chi connectivity index (χ1n) is 5.32. The minimum Gasteiger partial charge on any atom is -0.455 e. The zero-order valence-electron chi connectivity index (χ0n) is 10.4. The molecule has 96 valence electrons. The fourth-order valence-corrected chi connectivity index (χ4v) is 1.64. The van der Waals surface area contributed by atoms with Crippen LogP contribution in [0, 0.1) is 0 Å². The van der Waals surface area contributed by atoms with E-state index in [1.165, 1.54) is 0 Å². The summed E-state index contributed by atoms with van der Waals surface area (Å²) in [7, 11) is 1.86. The van der Waals surface area contributed by atoms with E-state index < -0.39 is 11.5 Å². The van der Waals surface area contributed by atoms with Crippen molar-refractivity contribution in [1.82, 2.24) is 10.3 Å². The van der Waals surface area contributed by atoms with Crippen molar-refractivity contribution in [3.8, 4) is 0 Å². The Balaban J connectivity index is 2.57. The molecular formula is C11H19N3O3. The lowest BCUT2D eigenvalue weighted by Gasteiger charge is -2.24. The molecule has 0 aliphatic rings. The lowest BCUT2D eigenvalue weighted by atomic mass is 10.1. The molecule has 4 N–H and O–H groups in total. The molecule has 1 rings (SSSR count). The molecule has 17 heavy (non-hydrogen) atoms. The highest BCUT2D eigenvalue weighted by molar-refractivity contribution is 5.90. The highest BCUT2D eigenvalue weighted by Crippen LogP contribution is 2.11. The van der Waals surface area contributed by atoms with Crippen molar-refractivity contribution in [1.29, 1.82) is 0 Å². The molecular weight excluding hydrogens is 222 g/mol. The van der Waals surface area contributed by atoms with Gasteiger partial charge in [0.2, 0.25) is 0 Å². The Morgan fingerprint density at radius 1 is 1.59 bits per heavy atom. The first-order chi connectivity index (χ1) is 7.81. The van der Waals surface area contributed by atoms with E-state index in [4.69, 9.17) is 10.3 Å². The SMILES string of the molecule is CN(Cc1ccc(C(=O)NN)o1)CC(C)(C)O. The van der Waals surface area contributed by atoms with Crippen molar-refractivity contribution in [3.63, 3.8) is 0 Å². The molecule has 0 unspecified atom stereocenters. The number of carbonyl (C=O) groups is 1. The van der Waals surface area contributed by atoms with Gasteiger partial charge in [-0.3, -0.25) is 15.1 Å². The summed E-state index contributed by atoms with van der Waals surface area (Å²) in [5.74, 6) is 5.37. The molecule has 0 aromatic carbocycles. The average Bonchev–Trinajstić information content (AvgIpc) is 2.62. The third kappa shape index (κ3) is 4.56. The predicted octanol–water partition coefficient (Wildman–Crippen LogP) is 0.0858. The summed E-state index contributed by atoms with van der Waals surface area (Å²) in [5, 5.41) is 9.64. The summed E-state index contributed by atoms with van der Waals surface area (Å²) in [6, 6.07) is 3.28. The van der Waals surface area contributed by atoms with E-state index in [2.05, 4.69) is 0 Å². The highest BCUT2D eigenvalue weighted by atomic mass is 16.4. The summed E-state index contributed by atoms with van der Waals surface area (Å²) in [5.41, 5.74) is 1.23. The van der Waals surface area contributed by atoms with E-state index in [1.807, 2.05) is 17.4 Å². The van der Waals surface area contributed by atoms with Gasteiger partial charge in [0.25, 0.3) is 0 Å². The monoisotopic (exact) mass is 241 g/mol. The number of nitrogens with one attached hydrogen (secondary N) is 1. The van der Waals surface area contributed by atoms with Crippen LogP contribution in [-0.4, -0.2) is 35.1 Å². The summed E-state index contributed by atoms with van der Waals surface area (Å²) in [6.45, 7) is 4.49. The van der Waals surface area contributed by atoms with Crippen molar-refractivity contribution in [3.05, 3.63) is 23.7 Å². The van der Waals surface area contributed by atoms with Gasteiger partial charge < -0.3 is 9.52 Å². The Morgan fingerprint density at radius 2 is 2.24 bits per heavy atom. The van der Waals surface area contributed by atoms with Crippen LogP contribution in [0.1, 0.15) is 30.2 Å². The number of hydrogen-bond acceptors (Lipinski definition) is 5. The van der Waals surface area contributed by atoms with Crippen molar-refractivity contribution in [2.75, 3.05) is 13.6 Å². The number of nitrogen functional groups attached to an aromatic ring is 1. The van der Waals surface area contributed by atoms with Crippen LogP contribution in [0.4, 0.5) is 0 Å². The van der Waals surface area contributed by atoms with Gasteiger partial charge in [0.1, 0.15) is 5.76 Å². The number of hydrazine groups is 1. The molecule has 1 amide bonds. The molecule has 0 spiro atoms. The van der Waals surface area contributed by atoms with E-state index in [-0.39, 0.29) is 5.76 Å². The van der Waals surface area contributed by atoms with Gasteiger partial charge in [-0.15, -0.1) is 0 Å². The molecule has 0 aliphatic heterocycles. The van der Waals surface area contributed by atoms with Crippen molar-refractivity contribution in [2.24, 2.45) is 5.84 Å². The van der Waals surface area contributed by atoms with Gasteiger partial charge in [0, 0.05) is 6.54 Å². The van der Waals surface area contributed by atoms with E-state index in [0.29, 0.717) is 18.8 Å². The molecule has 0 bridgehead atoms. The summed E-state index contributed by atoms with van der Waals surface area (Å²) in [6.07, 6.45) is 0. The van der Waals surface area contributed by atoms with Crippen LogP contribution in [0.2, 0.25) is 0 Å². The van der Waals surface area contributed by atoms with Gasteiger partial charge in [0.05, 0.1) is 12.1 Å². The van der Waals surface area contributed by atoms with Crippen LogP contribution in [0.25, 0.3) is 0 Å². The van der Waals surface area contributed by atoms with Gasteiger partial charge in [-0.05, 0) is 33.0 Å². The van der Waals surface area contributed by atoms with Crippen LogP contribution < -0.4 is 11.3 Å². The minimum atomic E-state index is -0.765. The van der Waals surface area contributed by atoms with Crippen molar-refractivity contribution < 1.29 is 14.3 Å². The van der Waals surface area contributed by atoms with Crippen molar-refractivity contribution >= 4 is 5.91 Å². The number of rotatable bonds is 5. The normalized spacial score (nSPS) is 11.9. The Hall–Kier alpha value is -1.37. The van der Waals surface area contributed by atoms with Gasteiger partial charge in [0.15, 0.2) is 5.76 Å². The molecule has 0 radical (unpaired) electrons. The molecule has 0 saturated carbocycles. The second-order valence-electron chi connectivity index (χ2n) is 4.72. The third-order valence-corrected chi connectivity index (χ3v) is 2.10. The minimum absolute atomic E-state index is 0.180. The maximum Gasteiger partial charge on any atom is 0.300 e. The number of carbonyl (C=O) groups excluding carboxylic acids is 1. The average molecular weight is 241 g/mol. The van der Waals surface area contributed by atoms with Gasteiger partial charge in [-0.2, -0.15) is 0 Å². The lowest BCUT2D eigenvalue weighted by Crippen LogP contribution is -2.35.